The number of nitrogens with zero attached hydrogens (tertiary/aromatic N) is 1. The van der Waals surface area contributed by atoms with Gasteiger partial charge in [0.2, 0.25) is 11.8 Å². The van der Waals surface area contributed by atoms with Crippen LogP contribution in [0.3, 0.4) is 0 Å². The number of nitrogens with one attached hydrogen (secondary N) is 2. The van der Waals surface area contributed by atoms with Gasteiger partial charge in [-0.15, -0.1) is 11.3 Å². The number of thiazole rings is 1. The number of halogens is 1. The molecule has 8 heteroatoms. The van der Waals surface area contributed by atoms with Crippen molar-refractivity contribution in [2.24, 2.45) is 0 Å². The highest BCUT2D eigenvalue weighted by Crippen LogP contribution is 2.32. The quantitative estimate of drug-likeness (QED) is 0.780. The second kappa shape index (κ2) is 7.27. The van der Waals surface area contributed by atoms with Crippen LogP contribution in [0.4, 0.5) is 0 Å². The first-order valence-electron chi connectivity index (χ1n) is 7.84. The molecule has 0 spiro atoms. The van der Waals surface area contributed by atoms with Crippen LogP contribution in [0.25, 0.3) is 0 Å². The summed E-state index contributed by atoms with van der Waals surface area (Å²) in [5, 5.41) is 3.65. The van der Waals surface area contributed by atoms with Crippen LogP contribution >= 0.6 is 35.2 Å². The number of carbonyl (C=O) groups excluding carboxylic acids is 2. The zero-order valence-corrected chi connectivity index (χ0v) is 16.2. The van der Waals surface area contributed by atoms with Crippen molar-refractivity contribution < 1.29 is 9.59 Å². The SMILES string of the molecule is Cc1[nH]c(=S)sc1CC(=O)N[C@@H]1CC(=O)N(C)[C@H]1c1ccc(Cl)cc1. The number of aromatic amines is 1. The van der Waals surface area contributed by atoms with Gasteiger partial charge in [-0.25, -0.2) is 0 Å². The van der Waals surface area contributed by atoms with E-state index in [4.69, 9.17) is 23.8 Å². The minimum atomic E-state index is -0.265. The van der Waals surface area contributed by atoms with Crippen LogP contribution in [-0.2, 0) is 16.0 Å². The predicted octanol–water partition coefficient (Wildman–Crippen LogP) is 3.40. The zero-order chi connectivity index (χ0) is 18.1. The highest BCUT2D eigenvalue weighted by molar-refractivity contribution is 7.73. The summed E-state index contributed by atoms with van der Waals surface area (Å²) in [6, 6.07) is 6.91. The number of likely N-dealkylation sites (tertiary alicyclic amines) is 1. The molecule has 1 aromatic heterocycles. The number of hydrogen-bond acceptors (Lipinski definition) is 4. The summed E-state index contributed by atoms with van der Waals surface area (Å²) >= 11 is 12.5. The minimum Gasteiger partial charge on any atom is -0.350 e. The zero-order valence-electron chi connectivity index (χ0n) is 13.8. The molecule has 1 saturated heterocycles. The number of likely N-dealkylation sites (N-methyl/N-ethyl adjacent to an activating group) is 1. The lowest BCUT2D eigenvalue weighted by molar-refractivity contribution is -0.127. The van der Waals surface area contributed by atoms with Crippen LogP contribution in [0.5, 0.6) is 0 Å². The summed E-state index contributed by atoms with van der Waals surface area (Å²) in [5.41, 5.74) is 1.87. The van der Waals surface area contributed by atoms with Crippen molar-refractivity contribution in [1.82, 2.24) is 15.2 Å². The maximum Gasteiger partial charge on any atom is 0.225 e. The summed E-state index contributed by atoms with van der Waals surface area (Å²) in [7, 11) is 1.76. The van der Waals surface area contributed by atoms with Crippen LogP contribution in [0.1, 0.15) is 28.6 Å². The molecule has 5 nitrogen and oxygen atoms in total. The van der Waals surface area contributed by atoms with Gasteiger partial charge in [0, 0.05) is 29.1 Å². The molecule has 2 atom stereocenters. The van der Waals surface area contributed by atoms with Gasteiger partial charge in [-0.2, -0.15) is 0 Å². The molecule has 2 heterocycles. The lowest BCUT2D eigenvalue weighted by Gasteiger charge is -2.26. The van der Waals surface area contributed by atoms with E-state index in [0.717, 1.165) is 16.1 Å². The first-order valence-corrected chi connectivity index (χ1v) is 9.44. The van der Waals surface area contributed by atoms with E-state index in [1.165, 1.54) is 11.3 Å². The molecule has 1 aliphatic rings. The third-order valence-corrected chi connectivity index (χ3v) is 5.98. The number of benzene rings is 1. The largest absolute Gasteiger partial charge is 0.350 e. The van der Waals surface area contributed by atoms with Gasteiger partial charge in [-0.3, -0.25) is 9.59 Å². The fraction of sp³-hybridized carbons (Fsp3) is 0.353. The van der Waals surface area contributed by atoms with E-state index in [1.807, 2.05) is 19.1 Å². The van der Waals surface area contributed by atoms with E-state index < -0.39 is 0 Å². The fourth-order valence-corrected chi connectivity index (χ4v) is 4.54. The van der Waals surface area contributed by atoms with Crippen molar-refractivity contribution in [1.29, 1.82) is 0 Å². The Hall–Kier alpha value is -1.70. The van der Waals surface area contributed by atoms with Gasteiger partial charge in [0.05, 0.1) is 18.5 Å². The minimum absolute atomic E-state index is 0.0127. The van der Waals surface area contributed by atoms with E-state index in [2.05, 4.69) is 10.3 Å². The molecule has 0 radical (unpaired) electrons. The van der Waals surface area contributed by atoms with E-state index in [1.54, 1.807) is 24.1 Å². The van der Waals surface area contributed by atoms with Gasteiger partial charge in [0.1, 0.15) is 0 Å². The van der Waals surface area contributed by atoms with Gasteiger partial charge in [0.25, 0.3) is 0 Å². The van der Waals surface area contributed by atoms with Crippen LogP contribution in [0.15, 0.2) is 24.3 Å². The van der Waals surface area contributed by atoms with E-state index in [9.17, 15) is 9.59 Å². The highest BCUT2D eigenvalue weighted by atomic mass is 35.5. The van der Waals surface area contributed by atoms with Crippen LogP contribution in [0.2, 0.25) is 5.02 Å². The molecule has 2 N–H and O–H groups in total. The maximum absolute atomic E-state index is 12.5. The van der Waals surface area contributed by atoms with Crippen LogP contribution in [0, 0.1) is 10.9 Å². The Balaban J connectivity index is 1.76. The number of hydrogen-bond donors (Lipinski definition) is 2. The van der Waals surface area contributed by atoms with E-state index in [-0.39, 0.29) is 36.7 Å². The molecule has 1 aliphatic heterocycles. The molecule has 0 aliphatic carbocycles. The normalized spacial score (nSPS) is 20.1. The average Bonchev–Trinajstić information content (AvgIpc) is 2.99. The Labute approximate surface area is 160 Å². The Morgan fingerprint density at radius 2 is 2.12 bits per heavy atom. The Kier molecular flexibility index (Phi) is 5.27. The van der Waals surface area contributed by atoms with Gasteiger partial charge >= 0.3 is 0 Å². The van der Waals surface area contributed by atoms with Gasteiger partial charge in [0.15, 0.2) is 3.95 Å². The summed E-state index contributed by atoms with van der Waals surface area (Å²) in [5.74, 6) is -0.0980. The summed E-state index contributed by atoms with van der Waals surface area (Å²) in [6.07, 6.45) is 0.544. The number of aromatic nitrogens is 1. The molecular formula is C17H18ClN3O2S2. The van der Waals surface area contributed by atoms with Crippen molar-refractivity contribution in [3.8, 4) is 0 Å². The monoisotopic (exact) mass is 395 g/mol. The van der Waals surface area contributed by atoms with Crippen LogP contribution in [-0.4, -0.2) is 34.8 Å². The van der Waals surface area contributed by atoms with Gasteiger partial charge in [-0.1, -0.05) is 23.7 Å². The second-order valence-corrected chi connectivity index (χ2v) is 8.33. The fourth-order valence-electron chi connectivity index (χ4n) is 3.12. The maximum atomic E-state index is 12.5. The molecule has 1 aromatic carbocycles. The Bertz CT molecular complexity index is 860. The standard InChI is InChI=1S/C17H18ClN3O2S2/c1-9-13(25-17(24)19-9)8-14(22)20-12-7-15(23)21(2)16(12)10-3-5-11(18)6-4-10/h3-6,12,16H,7-8H2,1-2H3,(H,19,24)(H,20,22)/t12-,16+/m1/s1. The average molecular weight is 396 g/mol. The molecule has 0 saturated carbocycles. The third-order valence-electron chi connectivity index (χ3n) is 4.39. The first-order chi connectivity index (χ1) is 11.8. The second-order valence-electron chi connectivity index (χ2n) is 6.12. The number of H-pyrrole nitrogens is 1. The molecule has 1 fully saturated rings. The van der Waals surface area contributed by atoms with Gasteiger partial charge in [-0.05, 0) is 36.8 Å². The molecule has 0 unspecified atom stereocenters. The Morgan fingerprint density at radius 1 is 1.44 bits per heavy atom. The summed E-state index contributed by atoms with van der Waals surface area (Å²) in [6.45, 7) is 1.90. The summed E-state index contributed by atoms with van der Waals surface area (Å²) < 4.78 is 0.662. The highest BCUT2D eigenvalue weighted by Gasteiger charge is 2.39. The smallest absolute Gasteiger partial charge is 0.225 e. The molecule has 2 aromatic rings. The van der Waals surface area contributed by atoms with E-state index >= 15 is 0 Å². The van der Waals surface area contributed by atoms with Crippen molar-refractivity contribution in [3.05, 3.63) is 49.4 Å². The molecule has 2 amide bonds. The predicted molar refractivity (Wildman–Crippen MR) is 101 cm³/mol. The van der Waals surface area contributed by atoms with Gasteiger partial charge < -0.3 is 15.2 Å². The van der Waals surface area contributed by atoms with Crippen molar-refractivity contribution in [2.75, 3.05) is 7.05 Å². The first kappa shape index (κ1) is 18.1. The topological polar surface area (TPSA) is 65.2 Å². The third kappa shape index (κ3) is 3.94. The Morgan fingerprint density at radius 3 is 2.72 bits per heavy atom. The lowest BCUT2D eigenvalue weighted by Crippen LogP contribution is -2.39. The molecular weight excluding hydrogens is 378 g/mol. The number of carbonyl (C=O) groups is 2. The lowest BCUT2D eigenvalue weighted by atomic mass is 10.00. The molecule has 25 heavy (non-hydrogen) atoms. The van der Waals surface area contributed by atoms with Crippen molar-refractivity contribution in [3.63, 3.8) is 0 Å². The van der Waals surface area contributed by atoms with Crippen LogP contribution < -0.4 is 5.32 Å². The van der Waals surface area contributed by atoms with Crippen molar-refractivity contribution in [2.45, 2.75) is 31.8 Å². The number of aryl methyl sites for hydroxylation is 1. The molecule has 3 rings (SSSR count). The number of amides is 2. The summed E-state index contributed by atoms with van der Waals surface area (Å²) in [4.78, 5) is 30.3. The molecule has 0 bridgehead atoms. The van der Waals surface area contributed by atoms with Crippen molar-refractivity contribution >= 4 is 47.0 Å². The molecule has 132 valence electrons. The van der Waals surface area contributed by atoms with E-state index in [0.29, 0.717) is 8.98 Å². The number of rotatable bonds is 4.